The third kappa shape index (κ3) is 4.36. The van der Waals surface area contributed by atoms with Gasteiger partial charge in [0.05, 0.1) is 6.61 Å². The highest BCUT2D eigenvalue weighted by Gasteiger charge is 2.71. The minimum atomic E-state index is -4.64. The van der Waals surface area contributed by atoms with Crippen molar-refractivity contribution in [2.24, 2.45) is 0 Å². The molecule has 144 valence electrons. The molecule has 0 spiro atoms. The van der Waals surface area contributed by atoms with Gasteiger partial charge in [-0.2, -0.15) is 13.2 Å². The number of hydrogen-bond acceptors (Lipinski definition) is 6. The summed E-state index contributed by atoms with van der Waals surface area (Å²) in [5.74, 6) is -8.50. The second-order valence-electron chi connectivity index (χ2n) is 4.92. The molecule has 1 fully saturated rings. The van der Waals surface area contributed by atoms with E-state index in [1.54, 1.807) is 4.98 Å². The van der Waals surface area contributed by atoms with E-state index in [1.165, 1.54) is 6.92 Å². The second-order valence-corrected chi connectivity index (χ2v) is 5.95. The molecule has 1 aromatic heterocycles. The molecule has 6 N–H and O–H groups in total. The molecule has 2 rings (SSSR count). The Morgan fingerprint density at radius 2 is 1.80 bits per heavy atom. The molecule has 3 atom stereocenters. The largest absolute Gasteiger partial charge is 0.466 e. The number of rotatable bonds is 2. The SMILES string of the molecule is Cc1cn([C@]2(F)O[C@H](CO)[C@@H](O)C2(F)F)c(=O)[nH]c1=O.O=P(O)(O)O. The minimum absolute atomic E-state index is 0.150. The van der Waals surface area contributed by atoms with Gasteiger partial charge in [-0.3, -0.25) is 9.78 Å². The first-order valence-electron chi connectivity index (χ1n) is 6.30. The number of aryl methyl sites for hydroxylation is 1. The van der Waals surface area contributed by atoms with Gasteiger partial charge in [0.15, 0.2) is 6.10 Å². The van der Waals surface area contributed by atoms with E-state index in [1.807, 2.05) is 0 Å². The highest BCUT2D eigenvalue weighted by molar-refractivity contribution is 7.45. The highest BCUT2D eigenvalue weighted by Crippen LogP contribution is 2.47. The van der Waals surface area contributed by atoms with Gasteiger partial charge in [0.2, 0.25) is 0 Å². The molecule has 1 aliphatic rings. The molecule has 2 heterocycles. The third-order valence-electron chi connectivity index (χ3n) is 3.05. The van der Waals surface area contributed by atoms with Crippen LogP contribution in [0.2, 0.25) is 0 Å². The Morgan fingerprint density at radius 1 is 1.32 bits per heavy atom. The standard InChI is InChI=1S/C10H11F3N2O5.H3O4P/c1-4-2-15(8(19)14-7(4)18)10(13)9(11,12)6(17)5(3-16)20-10;1-5(2,3)4/h2,5-6,16-17H,3H2,1H3,(H,14,18,19);(H3,1,2,3,4)/t5-,6-,10+;/m1./s1. The minimum Gasteiger partial charge on any atom is -0.394 e. The summed E-state index contributed by atoms with van der Waals surface area (Å²) in [5, 5.41) is 18.1. The number of H-pyrrole nitrogens is 1. The monoisotopic (exact) mass is 394 g/mol. The molecule has 0 radical (unpaired) electrons. The third-order valence-corrected chi connectivity index (χ3v) is 3.05. The van der Waals surface area contributed by atoms with Crippen LogP contribution in [-0.4, -0.2) is 59.2 Å². The predicted molar refractivity (Wildman–Crippen MR) is 72.3 cm³/mol. The first kappa shape index (κ1) is 21.5. The Bertz CT molecular complexity index is 782. The maximum absolute atomic E-state index is 14.5. The number of aliphatic hydroxyl groups is 2. The van der Waals surface area contributed by atoms with Gasteiger partial charge >= 0.3 is 25.4 Å². The first-order chi connectivity index (χ1) is 11.1. The van der Waals surface area contributed by atoms with E-state index in [0.29, 0.717) is 6.20 Å². The van der Waals surface area contributed by atoms with E-state index in [9.17, 15) is 27.9 Å². The van der Waals surface area contributed by atoms with Gasteiger partial charge in [-0.1, -0.05) is 0 Å². The molecule has 0 bridgehead atoms. The Kier molecular flexibility index (Phi) is 6.01. The Labute approximate surface area is 136 Å². The zero-order chi connectivity index (χ0) is 19.8. The van der Waals surface area contributed by atoms with Crippen molar-refractivity contribution in [1.29, 1.82) is 0 Å². The van der Waals surface area contributed by atoms with Crippen LogP contribution < -0.4 is 11.2 Å². The fourth-order valence-corrected chi connectivity index (χ4v) is 1.89. The predicted octanol–water partition coefficient (Wildman–Crippen LogP) is -2.12. The summed E-state index contributed by atoms with van der Waals surface area (Å²) in [5.41, 5.74) is -2.54. The molecule has 0 aliphatic carbocycles. The van der Waals surface area contributed by atoms with Crippen LogP contribution in [0.1, 0.15) is 5.56 Å². The Balaban J connectivity index is 0.000000550. The van der Waals surface area contributed by atoms with E-state index in [-0.39, 0.29) is 10.1 Å². The normalized spacial score (nSPS) is 28.4. The van der Waals surface area contributed by atoms with E-state index < -0.39 is 49.8 Å². The van der Waals surface area contributed by atoms with Crippen molar-refractivity contribution >= 4 is 7.82 Å². The second kappa shape index (κ2) is 6.99. The molecule has 1 aromatic rings. The fraction of sp³-hybridized carbons (Fsp3) is 0.600. The number of aromatic nitrogens is 2. The maximum atomic E-state index is 14.5. The average molecular weight is 394 g/mol. The number of aliphatic hydroxyl groups excluding tert-OH is 2. The Hall–Kier alpha value is -1.54. The van der Waals surface area contributed by atoms with Gasteiger partial charge in [0.25, 0.3) is 5.56 Å². The summed E-state index contributed by atoms with van der Waals surface area (Å²) in [7, 11) is -4.64. The quantitative estimate of drug-likeness (QED) is 0.306. The van der Waals surface area contributed by atoms with Gasteiger partial charge < -0.3 is 29.6 Å². The molecule has 0 aromatic carbocycles. The Morgan fingerprint density at radius 3 is 2.20 bits per heavy atom. The smallest absolute Gasteiger partial charge is 0.394 e. The summed E-state index contributed by atoms with van der Waals surface area (Å²) < 4.78 is 55.1. The van der Waals surface area contributed by atoms with Gasteiger partial charge in [-0.25, -0.2) is 13.9 Å². The molecule has 0 saturated carbocycles. The molecule has 15 heteroatoms. The van der Waals surface area contributed by atoms with Crippen molar-refractivity contribution in [1.82, 2.24) is 9.55 Å². The summed E-state index contributed by atoms with van der Waals surface area (Å²) >= 11 is 0. The van der Waals surface area contributed by atoms with Crippen molar-refractivity contribution in [3.05, 3.63) is 32.6 Å². The van der Waals surface area contributed by atoms with Gasteiger partial charge in [0.1, 0.15) is 6.10 Å². The van der Waals surface area contributed by atoms with Crippen molar-refractivity contribution in [2.75, 3.05) is 6.61 Å². The molecule has 25 heavy (non-hydrogen) atoms. The number of phosphoric acid groups is 1. The fourth-order valence-electron chi connectivity index (χ4n) is 1.89. The number of nitrogens with one attached hydrogen (secondary N) is 1. The number of alkyl halides is 3. The summed E-state index contributed by atoms with van der Waals surface area (Å²) in [6.45, 7) is 0.102. The summed E-state index contributed by atoms with van der Waals surface area (Å²) in [4.78, 5) is 45.8. The van der Waals surface area contributed by atoms with Crippen molar-refractivity contribution in [2.45, 2.75) is 31.0 Å². The van der Waals surface area contributed by atoms with E-state index in [0.717, 1.165) is 0 Å². The lowest BCUT2D eigenvalue weighted by atomic mass is 10.1. The van der Waals surface area contributed by atoms with Crippen LogP contribution in [0.3, 0.4) is 0 Å². The van der Waals surface area contributed by atoms with Crippen molar-refractivity contribution in [3.63, 3.8) is 0 Å². The zero-order valence-electron chi connectivity index (χ0n) is 12.3. The topological polar surface area (TPSA) is 182 Å². The van der Waals surface area contributed by atoms with Crippen LogP contribution in [0.5, 0.6) is 0 Å². The van der Waals surface area contributed by atoms with Crippen molar-refractivity contribution < 1.29 is 47.4 Å². The number of ether oxygens (including phenoxy) is 1. The molecule has 0 unspecified atom stereocenters. The van der Waals surface area contributed by atoms with Crippen LogP contribution in [0.4, 0.5) is 13.2 Å². The summed E-state index contributed by atoms with van der Waals surface area (Å²) in [6.07, 6.45) is -3.99. The van der Waals surface area contributed by atoms with Crippen LogP contribution in [0, 0.1) is 6.92 Å². The van der Waals surface area contributed by atoms with Gasteiger partial charge in [-0.05, 0) is 6.92 Å². The molecular formula is C10H14F3N2O9P. The molecule has 0 amide bonds. The van der Waals surface area contributed by atoms with Gasteiger partial charge in [-0.15, -0.1) is 0 Å². The molecule has 1 saturated heterocycles. The van der Waals surface area contributed by atoms with Crippen LogP contribution in [0.15, 0.2) is 15.8 Å². The lowest BCUT2D eigenvalue weighted by molar-refractivity contribution is -0.297. The van der Waals surface area contributed by atoms with Crippen LogP contribution >= 0.6 is 7.82 Å². The zero-order valence-corrected chi connectivity index (χ0v) is 13.2. The number of hydrogen-bond donors (Lipinski definition) is 6. The lowest BCUT2D eigenvalue weighted by Gasteiger charge is -2.27. The van der Waals surface area contributed by atoms with Crippen LogP contribution in [0.25, 0.3) is 0 Å². The lowest BCUT2D eigenvalue weighted by Crippen LogP contribution is -2.53. The van der Waals surface area contributed by atoms with E-state index in [2.05, 4.69) is 4.74 Å². The maximum Gasteiger partial charge on any atom is 0.466 e. The number of aromatic amines is 1. The number of halogens is 3. The first-order valence-corrected chi connectivity index (χ1v) is 7.86. The molecular weight excluding hydrogens is 380 g/mol. The van der Waals surface area contributed by atoms with Crippen molar-refractivity contribution in [3.8, 4) is 0 Å². The highest BCUT2D eigenvalue weighted by atomic mass is 31.2. The number of nitrogens with zero attached hydrogens (tertiary/aromatic N) is 1. The van der Waals surface area contributed by atoms with E-state index in [4.69, 9.17) is 24.4 Å². The average Bonchev–Trinajstić information content (AvgIpc) is 2.62. The molecule has 1 aliphatic heterocycles. The van der Waals surface area contributed by atoms with Crippen LogP contribution in [-0.2, 0) is 15.3 Å². The summed E-state index contributed by atoms with van der Waals surface area (Å²) in [6, 6.07) is 0. The molecule has 11 nitrogen and oxygen atoms in total. The van der Waals surface area contributed by atoms with Gasteiger partial charge in [0, 0.05) is 11.8 Å². The van der Waals surface area contributed by atoms with E-state index >= 15 is 0 Å².